The number of non-ortho nitro benzene ring substituents is 1. The maximum absolute atomic E-state index is 10.9. The molecule has 1 aliphatic heterocycles. The molecule has 118 valence electrons. The summed E-state index contributed by atoms with van der Waals surface area (Å²) in [5.74, 6) is 0.791. The average Bonchev–Trinajstić information content (AvgIpc) is 3.09. The first kappa shape index (κ1) is 15.9. The van der Waals surface area contributed by atoms with Crippen LogP contribution in [0.1, 0.15) is 26.7 Å². The molecule has 2 heterocycles. The van der Waals surface area contributed by atoms with Gasteiger partial charge in [-0.2, -0.15) is 9.97 Å². The van der Waals surface area contributed by atoms with Crippen molar-refractivity contribution in [1.29, 1.82) is 0 Å². The Morgan fingerprint density at radius 3 is 2.50 bits per heavy atom. The molecule has 0 radical (unpaired) electrons. The van der Waals surface area contributed by atoms with Gasteiger partial charge in [-0.15, -0.1) is 0 Å². The van der Waals surface area contributed by atoms with E-state index < -0.39 is 4.92 Å². The van der Waals surface area contributed by atoms with E-state index in [1.165, 1.54) is 19.2 Å². The Morgan fingerprint density at radius 2 is 1.91 bits per heavy atom. The number of methoxy groups -OCH3 is 1. The Morgan fingerprint density at radius 1 is 1.23 bits per heavy atom. The first-order valence-corrected chi connectivity index (χ1v) is 7.44. The molecule has 0 bridgehead atoms. The van der Waals surface area contributed by atoms with Crippen molar-refractivity contribution in [3.8, 4) is 6.01 Å². The van der Waals surface area contributed by atoms with E-state index >= 15 is 0 Å². The van der Waals surface area contributed by atoms with Crippen LogP contribution in [-0.4, -0.2) is 35.1 Å². The predicted octanol–water partition coefficient (Wildman–Crippen LogP) is 3.17. The number of benzene rings is 1. The summed E-state index contributed by atoms with van der Waals surface area (Å²) < 4.78 is 5.10. The van der Waals surface area contributed by atoms with E-state index in [1.54, 1.807) is 6.07 Å². The van der Waals surface area contributed by atoms with Crippen LogP contribution in [-0.2, 0) is 0 Å². The van der Waals surface area contributed by atoms with Crippen LogP contribution in [0.15, 0.2) is 18.2 Å². The van der Waals surface area contributed by atoms with Crippen LogP contribution in [0, 0.1) is 10.1 Å². The zero-order valence-electron chi connectivity index (χ0n) is 13.1. The largest absolute Gasteiger partial charge is 0.467 e. The number of nitro groups is 1. The van der Waals surface area contributed by atoms with Gasteiger partial charge in [0.2, 0.25) is 0 Å². The van der Waals surface area contributed by atoms with Crippen LogP contribution in [0.3, 0.4) is 0 Å². The highest BCUT2D eigenvalue weighted by Gasteiger charge is 2.19. The first-order valence-electron chi connectivity index (χ1n) is 7.44. The smallest absolute Gasteiger partial charge is 0.318 e. The lowest BCUT2D eigenvalue weighted by Crippen LogP contribution is -2.19. The molecule has 0 saturated carbocycles. The Kier molecular flexibility index (Phi) is 5.08. The van der Waals surface area contributed by atoms with Gasteiger partial charge < -0.3 is 9.64 Å². The minimum absolute atomic E-state index is 0.0191. The summed E-state index contributed by atoms with van der Waals surface area (Å²) in [6.45, 7) is 5.87. The lowest BCUT2D eigenvalue weighted by molar-refractivity contribution is -0.384. The monoisotopic (exact) mass is 304 g/mol. The summed E-state index contributed by atoms with van der Waals surface area (Å²) in [7, 11) is 1.49. The maximum atomic E-state index is 10.9. The number of anilines is 1. The normalized spacial score (nSPS) is 13.7. The molecular formula is C15H20N4O3. The van der Waals surface area contributed by atoms with E-state index in [0.717, 1.165) is 37.1 Å². The van der Waals surface area contributed by atoms with Gasteiger partial charge in [-0.3, -0.25) is 10.1 Å². The number of ether oxygens (including phenoxy) is 1. The zero-order chi connectivity index (χ0) is 16.1. The molecule has 2 aromatic rings. The van der Waals surface area contributed by atoms with Gasteiger partial charge in [0.15, 0.2) is 0 Å². The molecule has 0 spiro atoms. The zero-order valence-corrected chi connectivity index (χ0v) is 13.1. The van der Waals surface area contributed by atoms with E-state index in [-0.39, 0.29) is 11.7 Å². The quantitative estimate of drug-likeness (QED) is 0.640. The predicted molar refractivity (Wildman–Crippen MR) is 85.5 cm³/mol. The van der Waals surface area contributed by atoms with Crippen molar-refractivity contribution in [1.82, 2.24) is 9.97 Å². The summed E-state index contributed by atoms with van der Waals surface area (Å²) in [5.41, 5.74) is 0.554. The molecule has 0 atom stereocenters. The van der Waals surface area contributed by atoms with E-state index in [9.17, 15) is 10.1 Å². The van der Waals surface area contributed by atoms with E-state index in [0.29, 0.717) is 5.52 Å². The van der Waals surface area contributed by atoms with Crippen LogP contribution in [0.4, 0.5) is 11.5 Å². The van der Waals surface area contributed by atoms with Crippen molar-refractivity contribution in [2.24, 2.45) is 0 Å². The van der Waals surface area contributed by atoms with Crippen LogP contribution in [0.25, 0.3) is 10.9 Å². The summed E-state index contributed by atoms with van der Waals surface area (Å²) in [6.07, 6.45) is 2.25. The molecule has 1 aromatic heterocycles. The molecule has 1 aromatic carbocycles. The second-order valence-electron chi connectivity index (χ2n) is 4.69. The lowest BCUT2D eigenvalue weighted by atomic mass is 10.2. The summed E-state index contributed by atoms with van der Waals surface area (Å²) >= 11 is 0. The Labute approximate surface area is 129 Å². The van der Waals surface area contributed by atoms with E-state index in [1.807, 2.05) is 13.8 Å². The number of hydrogen-bond acceptors (Lipinski definition) is 6. The van der Waals surface area contributed by atoms with Gasteiger partial charge >= 0.3 is 6.01 Å². The van der Waals surface area contributed by atoms with Crippen LogP contribution < -0.4 is 9.64 Å². The first-order chi connectivity index (χ1) is 10.7. The summed E-state index contributed by atoms with van der Waals surface area (Å²) in [4.78, 5) is 21.2. The van der Waals surface area contributed by atoms with Gasteiger partial charge in [0.05, 0.1) is 17.5 Å². The molecule has 0 aliphatic carbocycles. The van der Waals surface area contributed by atoms with Gasteiger partial charge in [0.1, 0.15) is 5.82 Å². The molecule has 1 aliphatic rings. The third kappa shape index (κ3) is 3.08. The maximum Gasteiger partial charge on any atom is 0.318 e. The fourth-order valence-electron chi connectivity index (χ4n) is 2.46. The van der Waals surface area contributed by atoms with Crippen LogP contribution >= 0.6 is 0 Å². The van der Waals surface area contributed by atoms with Gasteiger partial charge in [0, 0.05) is 30.6 Å². The van der Waals surface area contributed by atoms with E-state index in [2.05, 4.69) is 14.9 Å². The second kappa shape index (κ2) is 7.02. The third-order valence-electron chi connectivity index (χ3n) is 3.44. The average molecular weight is 304 g/mol. The van der Waals surface area contributed by atoms with Gasteiger partial charge in [-0.25, -0.2) is 0 Å². The molecule has 0 unspecified atom stereocenters. The molecule has 3 rings (SSSR count). The van der Waals surface area contributed by atoms with Crippen molar-refractivity contribution in [2.45, 2.75) is 26.7 Å². The van der Waals surface area contributed by atoms with Gasteiger partial charge in [0.25, 0.3) is 5.69 Å². The number of nitro benzene ring substituents is 1. The van der Waals surface area contributed by atoms with Crippen molar-refractivity contribution >= 4 is 22.4 Å². The van der Waals surface area contributed by atoms with Crippen molar-refractivity contribution < 1.29 is 9.66 Å². The van der Waals surface area contributed by atoms with Crippen molar-refractivity contribution in [3.63, 3.8) is 0 Å². The number of rotatable bonds is 3. The van der Waals surface area contributed by atoms with Crippen LogP contribution in [0.5, 0.6) is 6.01 Å². The van der Waals surface area contributed by atoms with Crippen molar-refractivity contribution in [3.05, 3.63) is 28.3 Å². The number of nitrogens with zero attached hydrogens (tertiary/aromatic N) is 4. The highest BCUT2D eigenvalue weighted by molar-refractivity contribution is 5.91. The number of hydrogen-bond donors (Lipinski definition) is 0. The highest BCUT2D eigenvalue weighted by Crippen LogP contribution is 2.30. The lowest BCUT2D eigenvalue weighted by Gasteiger charge is -2.18. The highest BCUT2D eigenvalue weighted by atomic mass is 16.6. The Bertz CT molecular complexity index is 669. The molecule has 7 heteroatoms. The van der Waals surface area contributed by atoms with Crippen molar-refractivity contribution in [2.75, 3.05) is 25.1 Å². The molecule has 0 N–H and O–H groups in total. The molecule has 7 nitrogen and oxygen atoms in total. The topological polar surface area (TPSA) is 81.4 Å². The van der Waals surface area contributed by atoms with Gasteiger partial charge in [-0.05, 0) is 18.9 Å². The fourth-order valence-corrected chi connectivity index (χ4v) is 2.46. The minimum atomic E-state index is -0.427. The molecule has 22 heavy (non-hydrogen) atoms. The molecule has 1 fully saturated rings. The summed E-state index contributed by atoms with van der Waals surface area (Å²) in [5, 5.41) is 11.7. The number of fused-ring (bicyclic) bond motifs is 1. The second-order valence-corrected chi connectivity index (χ2v) is 4.69. The minimum Gasteiger partial charge on any atom is -0.467 e. The Hall–Kier alpha value is -2.44. The summed E-state index contributed by atoms with van der Waals surface area (Å²) in [6, 6.07) is 4.89. The third-order valence-corrected chi connectivity index (χ3v) is 3.44. The number of aromatic nitrogens is 2. The molecular weight excluding hydrogens is 284 g/mol. The standard InChI is InChI=1S/C13H14N4O3.C2H6/c1-20-13-14-11-8-9(17(18)19)4-5-10(11)12(15-13)16-6-2-3-7-16;1-2/h4-5,8H,2-3,6-7H2,1H3;1-2H3. The van der Waals surface area contributed by atoms with E-state index in [4.69, 9.17) is 4.74 Å². The SMILES string of the molecule is CC.COc1nc(N2CCCC2)c2ccc([N+](=O)[O-])cc2n1. The van der Waals surface area contributed by atoms with Gasteiger partial charge in [-0.1, -0.05) is 13.8 Å². The molecule has 0 amide bonds. The fraction of sp³-hybridized carbons (Fsp3) is 0.467. The van der Waals surface area contributed by atoms with Crippen LogP contribution in [0.2, 0.25) is 0 Å². The molecule has 1 saturated heterocycles. The Balaban J connectivity index is 0.000000847.